The summed E-state index contributed by atoms with van der Waals surface area (Å²) in [6, 6.07) is 12.4. The number of rotatable bonds is 4. The second-order valence-corrected chi connectivity index (χ2v) is 5.84. The monoisotopic (exact) mass is 325 g/mol. The van der Waals surface area contributed by atoms with Gasteiger partial charge in [-0.05, 0) is 35.7 Å². The van der Waals surface area contributed by atoms with Gasteiger partial charge in [0, 0.05) is 18.7 Å². The molecule has 0 spiro atoms. The number of aromatic carboxylic acids is 1. The predicted molar refractivity (Wildman–Crippen MR) is 89.2 cm³/mol. The van der Waals surface area contributed by atoms with E-state index >= 15 is 0 Å². The van der Waals surface area contributed by atoms with Crippen LogP contribution < -0.4 is 4.74 Å². The quantitative estimate of drug-likeness (QED) is 0.938. The van der Waals surface area contributed by atoms with Crippen molar-refractivity contribution in [1.82, 2.24) is 4.90 Å². The van der Waals surface area contributed by atoms with Crippen LogP contribution in [0, 0.1) is 0 Å². The summed E-state index contributed by atoms with van der Waals surface area (Å²) >= 11 is 0. The molecular weight excluding hydrogens is 306 g/mol. The van der Waals surface area contributed by atoms with E-state index in [1.807, 2.05) is 23.1 Å². The van der Waals surface area contributed by atoms with Gasteiger partial charge in [0.25, 0.3) is 0 Å². The molecule has 0 saturated heterocycles. The molecule has 0 aromatic heterocycles. The second kappa shape index (κ2) is 6.74. The highest BCUT2D eigenvalue weighted by molar-refractivity contribution is 5.87. The van der Waals surface area contributed by atoms with Gasteiger partial charge in [-0.3, -0.25) is 4.79 Å². The highest BCUT2D eigenvalue weighted by Gasteiger charge is 2.22. The lowest BCUT2D eigenvalue weighted by Crippen LogP contribution is -2.37. The van der Waals surface area contributed by atoms with Crippen molar-refractivity contribution >= 4 is 11.9 Å². The van der Waals surface area contributed by atoms with Crippen LogP contribution in [0.15, 0.2) is 42.5 Å². The number of benzene rings is 2. The third-order valence-corrected chi connectivity index (χ3v) is 4.35. The molecule has 0 bridgehead atoms. The van der Waals surface area contributed by atoms with Gasteiger partial charge in [-0.2, -0.15) is 0 Å². The molecule has 24 heavy (non-hydrogen) atoms. The van der Waals surface area contributed by atoms with Gasteiger partial charge in [-0.25, -0.2) is 4.79 Å². The number of methoxy groups -OCH3 is 1. The number of amides is 1. The highest BCUT2D eigenvalue weighted by atomic mass is 16.5. The smallest absolute Gasteiger partial charge is 0.335 e. The molecule has 0 saturated carbocycles. The zero-order valence-corrected chi connectivity index (χ0v) is 13.5. The maximum atomic E-state index is 12.5. The molecule has 1 aliphatic heterocycles. The number of carbonyl (C=O) groups is 2. The van der Waals surface area contributed by atoms with Crippen LogP contribution in [0.25, 0.3) is 0 Å². The Kier molecular flexibility index (Phi) is 4.51. The van der Waals surface area contributed by atoms with E-state index in [1.54, 1.807) is 19.2 Å². The molecule has 1 N–H and O–H groups in total. The number of carbonyl (C=O) groups excluding carboxylic acids is 1. The van der Waals surface area contributed by atoms with Crippen molar-refractivity contribution in [2.24, 2.45) is 0 Å². The van der Waals surface area contributed by atoms with Crippen molar-refractivity contribution < 1.29 is 19.4 Å². The minimum atomic E-state index is -0.963. The molecule has 0 unspecified atom stereocenters. The van der Waals surface area contributed by atoms with Gasteiger partial charge in [0.1, 0.15) is 5.75 Å². The molecule has 1 amide bonds. The summed E-state index contributed by atoms with van der Waals surface area (Å²) < 4.78 is 5.38. The Morgan fingerprint density at radius 1 is 1.17 bits per heavy atom. The summed E-state index contributed by atoms with van der Waals surface area (Å²) in [4.78, 5) is 25.2. The van der Waals surface area contributed by atoms with Crippen molar-refractivity contribution in [2.45, 2.75) is 19.4 Å². The van der Waals surface area contributed by atoms with Gasteiger partial charge in [0.2, 0.25) is 5.91 Å². The molecule has 5 heteroatoms. The Morgan fingerprint density at radius 3 is 2.58 bits per heavy atom. The Hall–Kier alpha value is -2.82. The van der Waals surface area contributed by atoms with Crippen LogP contribution in [0.5, 0.6) is 5.75 Å². The van der Waals surface area contributed by atoms with Crippen molar-refractivity contribution in [1.29, 1.82) is 0 Å². The number of fused-ring (bicyclic) bond motifs is 1. The Labute approximate surface area is 140 Å². The first-order valence-electron chi connectivity index (χ1n) is 7.83. The largest absolute Gasteiger partial charge is 0.496 e. The molecule has 2 aromatic carbocycles. The third-order valence-electron chi connectivity index (χ3n) is 4.35. The van der Waals surface area contributed by atoms with Gasteiger partial charge in [0.05, 0.1) is 19.1 Å². The summed E-state index contributed by atoms with van der Waals surface area (Å²) in [6.07, 6.45) is 1.06. The van der Waals surface area contributed by atoms with Gasteiger partial charge < -0.3 is 14.7 Å². The lowest BCUT2D eigenvalue weighted by atomic mass is 9.98. The fraction of sp³-hybridized carbons (Fsp3) is 0.263. The van der Waals surface area contributed by atoms with E-state index < -0.39 is 5.97 Å². The summed E-state index contributed by atoms with van der Waals surface area (Å²) in [5, 5.41) is 8.91. The standard InChI is InChI=1S/C19H19NO4/c1-24-17-4-2-3-15-12-20(10-9-16(15)17)18(21)11-13-5-7-14(8-6-13)19(22)23/h2-8H,9-12H2,1H3,(H,22,23). The molecule has 0 aliphatic carbocycles. The maximum Gasteiger partial charge on any atom is 0.335 e. The second-order valence-electron chi connectivity index (χ2n) is 5.84. The first-order valence-corrected chi connectivity index (χ1v) is 7.83. The first kappa shape index (κ1) is 16.1. The molecule has 1 heterocycles. The van der Waals surface area contributed by atoms with Crippen LogP contribution in [-0.4, -0.2) is 35.5 Å². The zero-order chi connectivity index (χ0) is 17.1. The number of hydrogen-bond donors (Lipinski definition) is 1. The van der Waals surface area contributed by atoms with Crippen LogP contribution in [0.4, 0.5) is 0 Å². The van der Waals surface area contributed by atoms with Gasteiger partial charge in [-0.1, -0.05) is 24.3 Å². The van der Waals surface area contributed by atoms with E-state index in [0.29, 0.717) is 13.1 Å². The van der Waals surface area contributed by atoms with E-state index in [9.17, 15) is 9.59 Å². The fourth-order valence-corrected chi connectivity index (χ4v) is 3.03. The minimum absolute atomic E-state index is 0.0477. The average Bonchev–Trinajstić information content (AvgIpc) is 2.61. The van der Waals surface area contributed by atoms with Crippen molar-refractivity contribution in [3.8, 4) is 5.75 Å². The van der Waals surface area contributed by atoms with Gasteiger partial charge in [0.15, 0.2) is 0 Å². The number of hydrogen-bond acceptors (Lipinski definition) is 3. The highest BCUT2D eigenvalue weighted by Crippen LogP contribution is 2.28. The fourth-order valence-electron chi connectivity index (χ4n) is 3.03. The van der Waals surface area contributed by atoms with Crippen LogP contribution in [0.2, 0.25) is 0 Å². The topological polar surface area (TPSA) is 66.8 Å². The van der Waals surface area contributed by atoms with Crippen molar-refractivity contribution in [3.63, 3.8) is 0 Å². The molecular formula is C19H19NO4. The summed E-state index contributed by atoms with van der Waals surface area (Å²) in [6.45, 7) is 1.25. The Morgan fingerprint density at radius 2 is 1.92 bits per heavy atom. The SMILES string of the molecule is COc1cccc2c1CCN(C(=O)Cc1ccc(C(=O)O)cc1)C2. The molecule has 2 aromatic rings. The van der Waals surface area contributed by atoms with Crippen LogP contribution in [-0.2, 0) is 24.2 Å². The lowest BCUT2D eigenvalue weighted by molar-refractivity contribution is -0.131. The molecule has 5 nitrogen and oxygen atoms in total. The number of carboxylic acid groups (broad SMARTS) is 1. The maximum absolute atomic E-state index is 12.5. The van der Waals surface area contributed by atoms with E-state index in [4.69, 9.17) is 9.84 Å². The summed E-state index contributed by atoms with van der Waals surface area (Å²) in [5.74, 6) is -0.0372. The predicted octanol–water partition coefficient (Wildman–Crippen LogP) is 2.52. The molecule has 1 aliphatic rings. The molecule has 0 fully saturated rings. The van der Waals surface area contributed by atoms with Crippen molar-refractivity contribution in [2.75, 3.05) is 13.7 Å². The Balaban J connectivity index is 1.69. The van der Waals surface area contributed by atoms with E-state index in [-0.39, 0.29) is 17.9 Å². The van der Waals surface area contributed by atoms with Gasteiger partial charge in [-0.15, -0.1) is 0 Å². The summed E-state index contributed by atoms with van der Waals surface area (Å²) in [7, 11) is 1.66. The average molecular weight is 325 g/mol. The first-order chi connectivity index (χ1) is 11.6. The minimum Gasteiger partial charge on any atom is -0.496 e. The van der Waals surface area contributed by atoms with E-state index in [1.165, 1.54) is 17.7 Å². The summed E-state index contributed by atoms with van der Waals surface area (Å²) in [5.41, 5.74) is 3.34. The van der Waals surface area contributed by atoms with Gasteiger partial charge >= 0.3 is 5.97 Å². The Bertz CT molecular complexity index is 767. The zero-order valence-electron chi connectivity index (χ0n) is 13.5. The van der Waals surface area contributed by atoms with Crippen LogP contribution in [0.1, 0.15) is 27.0 Å². The lowest BCUT2D eigenvalue weighted by Gasteiger charge is -2.30. The van der Waals surface area contributed by atoms with Crippen LogP contribution >= 0.6 is 0 Å². The van der Waals surface area contributed by atoms with E-state index in [2.05, 4.69) is 0 Å². The third kappa shape index (κ3) is 3.25. The number of ether oxygens (including phenoxy) is 1. The van der Waals surface area contributed by atoms with Crippen molar-refractivity contribution in [3.05, 3.63) is 64.7 Å². The van der Waals surface area contributed by atoms with Crippen LogP contribution in [0.3, 0.4) is 0 Å². The molecule has 0 atom stereocenters. The number of nitrogens with zero attached hydrogens (tertiary/aromatic N) is 1. The van der Waals surface area contributed by atoms with E-state index in [0.717, 1.165) is 23.3 Å². The normalized spacial score (nSPS) is 13.3. The molecule has 0 radical (unpaired) electrons. The number of carboxylic acids is 1. The molecule has 3 rings (SSSR count). The molecule has 124 valence electrons.